The van der Waals surface area contributed by atoms with Crippen LogP contribution >= 0.6 is 11.3 Å². The molecule has 0 saturated carbocycles. The summed E-state index contributed by atoms with van der Waals surface area (Å²) >= 11 is 1.18. The Morgan fingerprint density at radius 1 is 1.45 bits per heavy atom. The predicted molar refractivity (Wildman–Crippen MR) is 75.1 cm³/mol. The molecule has 8 heteroatoms. The maximum atomic E-state index is 11.6. The van der Waals surface area contributed by atoms with Crippen molar-refractivity contribution in [2.75, 3.05) is 11.9 Å². The molecule has 2 aromatic rings. The quantitative estimate of drug-likeness (QED) is 0.708. The molecule has 2 rings (SSSR count). The minimum absolute atomic E-state index is 0.0988. The number of thiophene rings is 1. The van der Waals surface area contributed by atoms with Crippen molar-refractivity contribution in [1.29, 1.82) is 0 Å². The number of amides is 2. The van der Waals surface area contributed by atoms with Gasteiger partial charge in [-0.2, -0.15) is 5.10 Å². The molecule has 2 aromatic heterocycles. The number of carbonyl (C=O) groups excluding carboxylic acids is 1. The Hall–Kier alpha value is -2.35. The Bertz CT molecular complexity index is 579. The largest absolute Gasteiger partial charge is 0.478 e. The van der Waals surface area contributed by atoms with Gasteiger partial charge in [-0.25, -0.2) is 9.59 Å². The van der Waals surface area contributed by atoms with Gasteiger partial charge in [0.2, 0.25) is 0 Å². The summed E-state index contributed by atoms with van der Waals surface area (Å²) in [5.41, 5.74) is 0.0988. The van der Waals surface area contributed by atoms with Gasteiger partial charge < -0.3 is 10.4 Å². The summed E-state index contributed by atoms with van der Waals surface area (Å²) in [5.74, 6) is -1.06. The van der Waals surface area contributed by atoms with Crippen LogP contribution in [0.25, 0.3) is 0 Å². The van der Waals surface area contributed by atoms with E-state index in [1.165, 1.54) is 17.4 Å². The van der Waals surface area contributed by atoms with Crippen LogP contribution in [0.3, 0.4) is 0 Å². The van der Waals surface area contributed by atoms with E-state index >= 15 is 0 Å². The van der Waals surface area contributed by atoms with Crippen LogP contribution in [-0.4, -0.2) is 33.4 Å². The van der Waals surface area contributed by atoms with E-state index in [1.54, 1.807) is 16.3 Å². The molecule has 0 atom stereocenters. The van der Waals surface area contributed by atoms with Gasteiger partial charge in [-0.3, -0.25) is 10.00 Å². The fourth-order valence-electron chi connectivity index (χ4n) is 1.60. The van der Waals surface area contributed by atoms with E-state index in [4.69, 9.17) is 5.11 Å². The van der Waals surface area contributed by atoms with Crippen molar-refractivity contribution in [2.45, 2.75) is 13.0 Å². The van der Waals surface area contributed by atoms with Gasteiger partial charge in [-0.15, -0.1) is 11.3 Å². The van der Waals surface area contributed by atoms with Crippen molar-refractivity contribution in [3.05, 3.63) is 35.5 Å². The van der Waals surface area contributed by atoms with E-state index in [0.29, 0.717) is 18.1 Å². The van der Waals surface area contributed by atoms with Gasteiger partial charge in [0.15, 0.2) is 0 Å². The Morgan fingerprint density at radius 2 is 2.30 bits per heavy atom. The number of carboxylic acid groups (broad SMARTS) is 1. The molecule has 0 saturated heterocycles. The SMILES string of the molecule is O=C(NCCCn1cccn1)Nc1sccc1C(=O)O. The normalized spacial score (nSPS) is 10.2. The first-order valence-corrected chi connectivity index (χ1v) is 6.88. The fraction of sp³-hybridized carbons (Fsp3) is 0.250. The highest BCUT2D eigenvalue weighted by atomic mass is 32.1. The Balaban J connectivity index is 1.72. The zero-order valence-corrected chi connectivity index (χ0v) is 11.4. The lowest BCUT2D eigenvalue weighted by Crippen LogP contribution is -2.30. The first-order chi connectivity index (χ1) is 9.66. The third-order valence-corrected chi connectivity index (χ3v) is 3.36. The standard InChI is InChI=1S/C12H14N4O3S/c17-11(18)9-3-8-20-10(9)15-12(19)13-4-1-6-16-7-2-5-14-16/h2-3,5,7-8H,1,4,6H2,(H,17,18)(H2,13,15,19). The molecular weight excluding hydrogens is 280 g/mol. The Labute approximate surface area is 119 Å². The van der Waals surface area contributed by atoms with Gasteiger partial charge in [0.1, 0.15) is 5.00 Å². The van der Waals surface area contributed by atoms with Crippen molar-refractivity contribution < 1.29 is 14.7 Å². The van der Waals surface area contributed by atoms with Crippen molar-refractivity contribution in [1.82, 2.24) is 15.1 Å². The summed E-state index contributed by atoms with van der Waals surface area (Å²) in [6.45, 7) is 1.20. The summed E-state index contributed by atoms with van der Waals surface area (Å²) in [7, 11) is 0. The number of nitrogens with one attached hydrogen (secondary N) is 2. The third kappa shape index (κ3) is 3.82. The average molecular weight is 294 g/mol. The number of hydrogen-bond donors (Lipinski definition) is 3. The molecule has 0 bridgehead atoms. The van der Waals surface area contributed by atoms with Crippen LogP contribution in [0.4, 0.5) is 9.80 Å². The lowest BCUT2D eigenvalue weighted by Gasteiger charge is -2.07. The molecule has 7 nitrogen and oxygen atoms in total. The van der Waals surface area contributed by atoms with E-state index in [-0.39, 0.29) is 5.56 Å². The van der Waals surface area contributed by atoms with Gasteiger partial charge >= 0.3 is 12.0 Å². The molecule has 20 heavy (non-hydrogen) atoms. The van der Waals surface area contributed by atoms with Crippen molar-refractivity contribution in [3.63, 3.8) is 0 Å². The highest BCUT2D eigenvalue weighted by Gasteiger charge is 2.13. The summed E-state index contributed by atoms with van der Waals surface area (Å²) in [4.78, 5) is 22.5. The van der Waals surface area contributed by atoms with Crippen molar-refractivity contribution in [2.24, 2.45) is 0 Å². The van der Waals surface area contributed by atoms with Gasteiger partial charge in [0.25, 0.3) is 0 Å². The van der Waals surface area contributed by atoms with Crippen LogP contribution in [0.15, 0.2) is 29.9 Å². The number of aromatic nitrogens is 2. The van der Waals surface area contributed by atoms with Crippen LogP contribution in [0, 0.1) is 0 Å². The van der Waals surface area contributed by atoms with Gasteiger partial charge in [0.05, 0.1) is 5.56 Å². The number of aromatic carboxylic acids is 1. The molecule has 0 aromatic carbocycles. The number of carbonyl (C=O) groups is 2. The monoisotopic (exact) mass is 294 g/mol. The molecule has 0 aliphatic heterocycles. The Kier molecular flexibility index (Phi) is 4.72. The fourth-order valence-corrected chi connectivity index (χ4v) is 2.37. The number of aryl methyl sites for hydroxylation is 1. The summed E-state index contributed by atoms with van der Waals surface area (Å²) < 4.78 is 1.78. The zero-order valence-electron chi connectivity index (χ0n) is 10.6. The number of urea groups is 1. The van der Waals surface area contributed by atoms with Crippen LogP contribution in [-0.2, 0) is 6.54 Å². The van der Waals surface area contributed by atoms with Crippen LogP contribution < -0.4 is 10.6 Å². The highest BCUT2D eigenvalue weighted by Crippen LogP contribution is 2.22. The molecule has 0 aliphatic carbocycles. The van der Waals surface area contributed by atoms with Gasteiger partial charge in [0, 0.05) is 25.5 Å². The summed E-state index contributed by atoms with van der Waals surface area (Å²) in [6, 6.07) is 2.89. The second-order valence-corrected chi connectivity index (χ2v) is 4.89. The lowest BCUT2D eigenvalue weighted by atomic mass is 10.3. The topological polar surface area (TPSA) is 96.3 Å². The molecule has 2 heterocycles. The van der Waals surface area contributed by atoms with Crippen LogP contribution in [0.1, 0.15) is 16.8 Å². The number of anilines is 1. The third-order valence-electron chi connectivity index (χ3n) is 2.53. The van der Waals surface area contributed by atoms with Gasteiger partial charge in [-0.1, -0.05) is 0 Å². The average Bonchev–Trinajstić information content (AvgIpc) is 3.05. The van der Waals surface area contributed by atoms with E-state index in [0.717, 1.165) is 6.42 Å². The molecule has 0 radical (unpaired) electrons. The number of carboxylic acids is 1. The molecule has 3 N–H and O–H groups in total. The molecule has 0 spiro atoms. The zero-order chi connectivity index (χ0) is 14.4. The van der Waals surface area contributed by atoms with E-state index in [9.17, 15) is 9.59 Å². The molecule has 106 valence electrons. The lowest BCUT2D eigenvalue weighted by molar-refractivity contribution is 0.0698. The van der Waals surface area contributed by atoms with Gasteiger partial charge in [-0.05, 0) is 23.9 Å². The smallest absolute Gasteiger partial charge is 0.338 e. The molecule has 0 aliphatic rings. The van der Waals surface area contributed by atoms with E-state index in [2.05, 4.69) is 15.7 Å². The highest BCUT2D eigenvalue weighted by molar-refractivity contribution is 7.14. The molecule has 0 unspecified atom stereocenters. The Morgan fingerprint density at radius 3 is 3.00 bits per heavy atom. The second-order valence-electron chi connectivity index (χ2n) is 3.97. The number of rotatable bonds is 6. The van der Waals surface area contributed by atoms with Crippen LogP contribution in [0.2, 0.25) is 0 Å². The van der Waals surface area contributed by atoms with E-state index in [1.807, 2.05) is 12.3 Å². The first kappa shape index (κ1) is 14.1. The molecular formula is C12H14N4O3S. The first-order valence-electron chi connectivity index (χ1n) is 6.00. The second kappa shape index (κ2) is 6.71. The molecule has 2 amide bonds. The number of nitrogens with zero attached hydrogens (tertiary/aromatic N) is 2. The maximum absolute atomic E-state index is 11.6. The minimum atomic E-state index is -1.06. The van der Waals surface area contributed by atoms with Crippen molar-refractivity contribution >= 4 is 28.3 Å². The predicted octanol–water partition coefficient (Wildman–Crippen LogP) is 1.85. The van der Waals surface area contributed by atoms with Crippen LogP contribution in [0.5, 0.6) is 0 Å². The minimum Gasteiger partial charge on any atom is -0.478 e. The summed E-state index contributed by atoms with van der Waals surface area (Å²) in [5, 5.41) is 20.1. The molecule has 0 fully saturated rings. The summed E-state index contributed by atoms with van der Waals surface area (Å²) in [6.07, 6.45) is 4.29. The van der Waals surface area contributed by atoms with E-state index < -0.39 is 12.0 Å². The maximum Gasteiger partial charge on any atom is 0.338 e. The number of hydrogen-bond acceptors (Lipinski definition) is 4. The van der Waals surface area contributed by atoms with Crippen molar-refractivity contribution in [3.8, 4) is 0 Å².